The summed E-state index contributed by atoms with van der Waals surface area (Å²) >= 11 is 6.31. The maximum atomic E-state index is 12.9. The first-order chi connectivity index (χ1) is 8.74. The highest BCUT2D eigenvalue weighted by Gasteiger charge is 2.24. The van der Waals surface area contributed by atoms with Crippen LogP contribution in [0.4, 0.5) is 4.39 Å². The lowest BCUT2D eigenvalue weighted by atomic mass is 9.97. The molecule has 0 radical (unpaired) electrons. The first-order valence-corrected chi connectivity index (χ1v) is 6.87. The molecular formula is C14H20ClFN2. The molecule has 0 aromatic heterocycles. The van der Waals surface area contributed by atoms with E-state index in [2.05, 4.69) is 23.2 Å². The number of nitrogens with zero attached hydrogens (tertiary/aromatic N) is 1. The molecule has 18 heavy (non-hydrogen) atoms. The average Bonchev–Trinajstić information content (AvgIpc) is 2.38. The molecule has 1 N–H and O–H groups in total. The van der Waals surface area contributed by atoms with Gasteiger partial charge in [0.1, 0.15) is 0 Å². The molecule has 1 saturated heterocycles. The van der Waals surface area contributed by atoms with Gasteiger partial charge in [-0.05, 0) is 30.5 Å². The number of hydrogen-bond acceptors (Lipinski definition) is 2. The van der Waals surface area contributed by atoms with Crippen molar-refractivity contribution in [1.29, 1.82) is 0 Å². The van der Waals surface area contributed by atoms with E-state index in [0.717, 1.165) is 42.3 Å². The number of benzene rings is 1. The van der Waals surface area contributed by atoms with Gasteiger partial charge in [0, 0.05) is 37.2 Å². The van der Waals surface area contributed by atoms with Crippen LogP contribution < -0.4 is 5.32 Å². The summed E-state index contributed by atoms with van der Waals surface area (Å²) in [6.07, 6.45) is 0.518. The molecule has 2 rings (SSSR count). The molecule has 0 spiro atoms. The molecule has 0 aliphatic carbocycles. The third-order valence-electron chi connectivity index (χ3n) is 3.58. The topological polar surface area (TPSA) is 15.3 Å². The van der Waals surface area contributed by atoms with Crippen LogP contribution in [-0.4, -0.2) is 37.8 Å². The summed E-state index contributed by atoms with van der Waals surface area (Å²) in [4.78, 5) is 2.34. The van der Waals surface area contributed by atoms with Gasteiger partial charge >= 0.3 is 0 Å². The van der Waals surface area contributed by atoms with Gasteiger partial charge in [-0.2, -0.15) is 0 Å². The number of hydrogen-bond donors (Lipinski definition) is 1. The molecule has 4 heteroatoms. The van der Waals surface area contributed by atoms with Crippen LogP contribution in [-0.2, 0) is 0 Å². The summed E-state index contributed by atoms with van der Waals surface area (Å²) in [5, 5.41) is 4.08. The fourth-order valence-electron chi connectivity index (χ4n) is 2.67. The van der Waals surface area contributed by atoms with Gasteiger partial charge in [0.15, 0.2) is 0 Å². The fraction of sp³-hybridized carbons (Fsp3) is 0.571. The minimum absolute atomic E-state index is 0.103. The van der Waals surface area contributed by atoms with Crippen molar-refractivity contribution in [2.45, 2.75) is 19.4 Å². The first-order valence-electron chi connectivity index (χ1n) is 6.49. The van der Waals surface area contributed by atoms with Gasteiger partial charge in [0.2, 0.25) is 0 Å². The molecule has 100 valence electrons. The van der Waals surface area contributed by atoms with Crippen LogP contribution in [0.1, 0.15) is 23.6 Å². The Balaban J connectivity index is 2.28. The van der Waals surface area contributed by atoms with Crippen LogP contribution in [0.2, 0.25) is 5.02 Å². The second kappa shape index (κ2) is 6.50. The predicted octanol–water partition coefficient (Wildman–Crippen LogP) is 2.95. The first kappa shape index (κ1) is 13.8. The molecule has 1 heterocycles. The summed E-state index contributed by atoms with van der Waals surface area (Å²) in [5.41, 5.74) is 2.25. The summed E-state index contributed by atoms with van der Waals surface area (Å²) in [6.45, 7) is 5.58. The highest BCUT2D eigenvalue weighted by molar-refractivity contribution is 6.31. The summed E-state index contributed by atoms with van der Waals surface area (Å²) < 4.78 is 12.9. The number of rotatable bonds is 4. The second-order valence-corrected chi connectivity index (χ2v) is 5.16. The van der Waals surface area contributed by atoms with Gasteiger partial charge in [-0.25, -0.2) is 0 Å². The molecule has 1 atom stereocenters. The van der Waals surface area contributed by atoms with Crippen LogP contribution in [0.25, 0.3) is 0 Å². The van der Waals surface area contributed by atoms with Crippen LogP contribution in [0.5, 0.6) is 0 Å². The molecule has 0 bridgehead atoms. The van der Waals surface area contributed by atoms with Crippen LogP contribution >= 0.6 is 11.6 Å². The van der Waals surface area contributed by atoms with Gasteiger partial charge < -0.3 is 5.32 Å². The Labute approximate surface area is 113 Å². The van der Waals surface area contributed by atoms with E-state index < -0.39 is 0 Å². The SMILES string of the molecule is Cc1cccc(Cl)c1[C@H](CCF)N1CCNCC1. The van der Waals surface area contributed by atoms with Crippen molar-refractivity contribution < 1.29 is 4.39 Å². The fourth-order valence-corrected chi connectivity index (χ4v) is 3.02. The molecule has 1 aromatic carbocycles. The van der Waals surface area contributed by atoms with E-state index in [0.29, 0.717) is 6.42 Å². The quantitative estimate of drug-likeness (QED) is 0.905. The van der Waals surface area contributed by atoms with Crippen molar-refractivity contribution in [2.75, 3.05) is 32.9 Å². The van der Waals surface area contributed by atoms with E-state index in [9.17, 15) is 4.39 Å². The smallest absolute Gasteiger partial charge is 0.0912 e. The van der Waals surface area contributed by atoms with Crippen molar-refractivity contribution in [1.82, 2.24) is 10.2 Å². The highest BCUT2D eigenvalue weighted by Crippen LogP contribution is 2.33. The van der Waals surface area contributed by atoms with E-state index in [1.807, 2.05) is 12.1 Å². The Morgan fingerprint density at radius 2 is 2.11 bits per heavy atom. The number of nitrogens with one attached hydrogen (secondary N) is 1. The normalized spacial score (nSPS) is 18.8. The maximum Gasteiger partial charge on any atom is 0.0912 e. The van der Waals surface area contributed by atoms with Gasteiger partial charge in [0.25, 0.3) is 0 Å². The van der Waals surface area contributed by atoms with Gasteiger partial charge in [-0.3, -0.25) is 9.29 Å². The second-order valence-electron chi connectivity index (χ2n) is 4.75. The van der Waals surface area contributed by atoms with Crippen LogP contribution in [0, 0.1) is 6.92 Å². The van der Waals surface area contributed by atoms with E-state index in [4.69, 9.17) is 11.6 Å². The summed E-state index contributed by atoms with van der Waals surface area (Å²) in [6, 6.07) is 6.00. The molecule has 1 fully saturated rings. The Kier molecular flexibility index (Phi) is 4.98. The van der Waals surface area contributed by atoms with Gasteiger partial charge in [-0.15, -0.1) is 0 Å². The van der Waals surface area contributed by atoms with E-state index in [-0.39, 0.29) is 12.7 Å². The highest BCUT2D eigenvalue weighted by atomic mass is 35.5. The predicted molar refractivity (Wildman–Crippen MR) is 74.0 cm³/mol. The Bertz CT molecular complexity index is 371. The monoisotopic (exact) mass is 270 g/mol. The average molecular weight is 271 g/mol. The molecular weight excluding hydrogens is 251 g/mol. The van der Waals surface area contributed by atoms with Crippen molar-refractivity contribution in [3.63, 3.8) is 0 Å². The van der Waals surface area contributed by atoms with Gasteiger partial charge in [-0.1, -0.05) is 23.7 Å². The zero-order valence-corrected chi connectivity index (χ0v) is 11.5. The van der Waals surface area contributed by atoms with Crippen molar-refractivity contribution >= 4 is 11.6 Å². The number of alkyl halides is 1. The van der Waals surface area contributed by atoms with Crippen LogP contribution in [0.3, 0.4) is 0 Å². The van der Waals surface area contributed by atoms with Crippen molar-refractivity contribution in [3.8, 4) is 0 Å². The molecule has 1 aliphatic rings. The number of piperazine rings is 1. The Morgan fingerprint density at radius 3 is 2.72 bits per heavy atom. The lowest BCUT2D eigenvalue weighted by molar-refractivity contribution is 0.157. The molecule has 0 unspecified atom stereocenters. The molecule has 1 aliphatic heterocycles. The molecule has 0 saturated carbocycles. The Morgan fingerprint density at radius 1 is 1.39 bits per heavy atom. The largest absolute Gasteiger partial charge is 0.314 e. The number of aryl methyl sites for hydroxylation is 1. The lowest BCUT2D eigenvalue weighted by Gasteiger charge is -2.36. The minimum atomic E-state index is -0.306. The summed E-state index contributed by atoms with van der Waals surface area (Å²) in [7, 11) is 0. The maximum absolute atomic E-state index is 12.9. The zero-order valence-electron chi connectivity index (χ0n) is 10.8. The molecule has 0 amide bonds. The van der Waals surface area contributed by atoms with Crippen LogP contribution in [0.15, 0.2) is 18.2 Å². The number of halogens is 2. The minimum Gasteiger partial charge on any atom is -0.314 e. The van der Waals surface area contributed by atoms with Crippen molar-refractivity contribution in [3.05, 3.63) is 34.3 Å². The third kappa shape index (κ3) is 3.02. The zero-order chi connectivity index (χ0) is 13.0. The molecule has 2 nitrogen and oxygen atoms in total. The van der Waals surface area contributed by atoms with E-state index in [1.165, 1.54) is 0 Å². The molecule has 1 aromatic rings. The van der Waals surface area contributed by atoms with E-state index >= 15 is 0 Å². The standard InChI is InChI=1S/C14H20ClFN2/c1-11-3-2-4-12(15)14(11)13(5-6-16)18-9-7-17-8-10-18/h2-4,13,17H,5-10H2,1H3/t13-/m0/s1. The third-order valence-corrected chi connectivity index (χ3v) is 3.91. The summed E-state index contributed by atoms with van der Waals surface area (Å²) in [5.74, 6) is 0. The van der Waals surface area contributed by atoms with E-state index in [1.54, 1.807) is 0 Å². The van der Waals surface area contributed by atoms with Gasteiger partial charge in [0.05, 0.1) is 6.67 Å². The Hall–Kier alpha value is -0.640. The lowest BCUT2D eigenvalue weighted by Crippen LogP contribution is -2.45. The van der Waals surface area contributed by atoms with Crippen molar-refractivity contribution in [2.24, 2.45) is 0 Å².